The molecule has 1 aromatic heterocycles. The Labute approximate surface area is 214 Å². The van der Waals surface area contributed by atoms with Crippen molar-refractivity contribution in [2.45, 2.75) is 23.1 Å². The van der Waals surface area contributed by atoms with Gasteiger partial charge >= 0.3 is 5.97 Å². The number of carbonyl (C=O) groups excluding carboxylic acids is 2. The molecule has 0 aliphatic carbocycles. The van der Waals surface area contributed by atoms with E-state index in [4.69, 9.17) is 4.74 Å². The SMILES string of the molecule is CC(=O)OC(c1ccn(C)n1)C1C(=O)NC1SC(c1ccccc1)(c1ccccc1)c1ccccc1. The molecule has 2 heterocycles. The molecule has 3 unspecified atom stereocenters. The standard InChI is InChI=1S/C29H27N3O3S/c1-20(33)35-26(24-18-19-32(2)31-24)25-27(34)30-28(25)36-29(21-12-6-3-7-13-21,22-14-8-4-9-15-22)23-16-10-5-11-17-23/h3-19,25-26,28H,1-2H3,(H,30,34). The minimum atomic E-state index is -0.782. The van der Waals surface area contributed by atoms with E-state index in [0.29, 0.717) is 5.69 Å². The topological polar surface area (TPSA) is 73.2 Å². The third-order valence-electron chi connectivity index (χ3n) is 6.40. The molecule has 182 valence electrons. The molecule has 0 spiro atoms. The van der Waals surface area contributed by atoms with Crippen LogP contribution in [0.4, 0.5) is 0 Å². The molecule has 4 aromatic rings. The molecule has 3 atom stereocenters. The van der Waals surface area contributed by atoms with Crippen LogP contribution in [0.1, 0.15) is 35.4 Å². The summed E-state index contributed by atoms with van der Waals surface area (Å²) in [6.45, 7) is 1.36. The van der Waals surface area contributed by atoms with Crippen LogP contribution in [0.15, 0.2) is 103 Å². The minimum Gasteiger partial charge on any atom is -0.455 e. The van der Waals surface area contributed by atoms with Gasteiger partial charge in [-0.15, -0.1) is 11.8 Å². The molecule has 6 nitrogen and oxygen atoms in total. The molecule has 1 N–H and O–H groups in total. The van der Waals surface area contributed by atoms with E-state index in [1.807, 2.05) is 54.6 Å². The number of rotatable bonds is 8. The van der Waals surface area contributed by atoms with E-state index in [1.165, 1.54) is 6.92 Å². The van der Waals surface area contributed by atoms with E-state index in [-0.39, 0.29) is 11.3 Å². The van der Waals surface area contributed by atoms with E-state index >= 15 is 0 Å². The van der Waals surface area contributed by atoms with Crippen LogP contribution < -0.4 is 5.32 Å². The van der Waals surface area contributed by atoms with E-state index in [9.17, 15) is 9.59 Å². The number of amides is 1. The Kier molecular flexibility index (Phi) is 6.65. The van der Waals surface area contributed by atoms with E-state index < -0.39 is 22.7 Å². The molecule has 1 aliphatic rings. The maximum absolute atomic E-state index is 13.0. The van der Waals surface area contributed by atoms with Crippen molar-refractivity contribution in [3.8, 4) is 0 Å². The largest absolute Gasteiger partial charge is 0.455 e. The highest BCUT2D eigenvalue weighted by molar-refractivity contribution is 8.01. The summed E-state index contributed by atoms with van der Waals surface area (Å²) in [4.78, 5) is 25.0. The summed E-state index contributed by atoms with van der Waals surface area (Å²) in [6.07, 6.45) is 1.00. The highest BCUT2D eigenvalue weighted by Gasteiger charge is 2.52. The van der Waals surface area contributed by atoms with Crippen molar-refractivity contribution in [3.05, 3.63) is 126 Å². The zero-order valence-electron chi connectivity index (χ0n) is 20.1. The van der Waals surface area contributed by atoms with Crippen molar-refractivity contribution < 1.29 is 14.3 Å². The molecular formula is C29H27N3O3S. The lowest BCUT2D eigenvalue weighted by molar-refractivity contribution is -0.156. The first-order valence-corrected chi connectivity index (χ1v) is 12.7. The molecule has 36 heavy (non-hydrogen) atoms. The van der Waals surface area contributed by atoms with Crippen LogP contribution in [-0.4, -0.2) is 27.0 Å². The third kappa shape index (κ3) is 4.42. The number of carbonyl (C=O) groups is 2. The Hall–Kier alpha value is -3.84. The van der Waals surface area contributed by atoms with Crippen LogP contribution in [-0.2, 0) is 26.1 Å². The maximum atomic E-state index is 13.0. The van der Waals surface area contributed by atoms with Crippen molar-refractivity contribution in [1.29, 1.82) is 0 Å². The third-order valence-corrected chi connectivity index (χ3v) is 8.13. The molecule has 1 fully saturated rings. The molecule has 0 saturated carbocycles. The number of hydrogen-bond acceptors (Lipinski definition) is 5. The van der Waals surface area contributed by atoms with Crippen LogP contribution in [0, 0.1) is 5.92 Å². The normalized spacial score (nSPS) is 18.1. The van der Waals surface area contributed by atoms with Crippen LogP contribution in [0.2, 0.25) is 0 Å². The highest BCUT2D eigenvalue weighted by Crippen LogP contribution is 2.53. The van der Waals surface area contributed by atoms with Gasteiger partial charge in [-0.05, 0) is 22.8 Å². The van der Waals surface area contributed by atoms with Gasteiger partial charge < -0.3 is 10.1 Å². The average Bonchev–Trinajstić information content (AvgIpc) is 3.33. The fraction of sp³-hybridized carbons (Fsp3) is 0.207. The number of aromatic nitrogens is 2. The second-order valence-corrected chi connectivity index (χ2v) is 10.2. The molecule has 3 aromatic carbocycles. The highest BCUT2D eigenvalue weighted by atomic mass is 32.2. The summed E-state index contributed by atoms with van der Waals surface area (Å²) in [6, 6.07) is 32.7. The second-order valence-electron chi connectivity index (χ2n) is 8.80. The van der Waals surface area contributed by atoms with Crippen LogP contribution in [0.25, 0.3) is 0 Å². The van der Waals surface area contributed by atoms with Gasteiger partial charge in [0.05, 0.1) is 10.1 Å². The summed E-state index contributed by atoms with van der Waals surface area (Å²) in [5, 5.41) is 7.21. The smallest absolute Gasteiger partial charge is 0.303 e. The first-order chi connectivity index (χ1) is 17.5. The number of nitrogens with one attached hydrogen (secondary N) is 1. The quantitative estimate of drug-likeness (QED) is 0.215. The molecule has 7 heteroatoms. The molecule has 1 amide bonds. The van der Waals surface area contributed by atoms with Crippen molar-refractivity contribution in [2.24, 2.45) is 13.0 Å². The minimum absolute atomic E-state index is 0.160. The Balaban J connectivity index is 1.63. The number of hydrogen-bond donors (Lipinski definition) is 1. The van der Waals surface area contributed by atoms with Crippen molar-refractivity contribution in [1.82, 2.24) is 15.1 Å². The van der Waals surface area contributed by atoms with Gasteiger partial charge in [-0.2, -0.15) is 5.10 Å². The van der Waals surface area contributed by atoms with Crippen molar-refractivity contribution >= 4 is 23.6 Å². The lowest BCUT2D eigenvalue weighted by Gasteiger charge is -2.46. The fourth-order valence-corrected chi connectivity index (χ4v) is 6.55. The van der Waals surface area contributed by atoms with Gasteiger partial charge in [0, 0.05) is 20.2 Å². The van der Waals surface area contributed by atoms with Crippen LogP contribution in [0.3, 0.4) is 0 Å². The van der Waals surface area contributed by atoms with Crippen LogP contribution in [0.5, 0.6) is 0 Å². The Bertz CT molecular complexity index is 1250. The maximum Gasteiger partial charge on any atom is 0.303 e. The van der Waals surface area contributed by atoms with Gasteiger partial charge in [0.15, 0.2) is 6.10 Å². The van der Waals surface area contributed by atoms with Gasteiger partial charge in [-0.1, -0.05) is 91.0 Å². The summed E-state index contributed by atoms with van der Waals surface area (Å²) in [5.41, 5.74) is 3.83. The summed E-state index contributed by atoms with van der Waals surface area (Å²) in [5.74, 6) is -1.20. The summed E-state index contributed by atoms with van der Waals surface area (Å²) >= 11 is 1.65. The molecular weight excluding hydrogens is 470 g/mol. The number of esters is 1. The predicted octanol–water partition coefficient (Wildman–Crippen LogP) is 4.82. The fourth-order valence-electron chi connectivity index (χ4n) is 4.76. The van der Waals surface area contributed by atoms with Crippen LogP contribution >= 0.6 is 11.8 Å². The number of aryl methyl sites for hydroxylation is 1. The molecule has 0 bridgehead atoms. The number of β-lactam (4-membered cyclic amide) rings is 1. The zero-order chi connectivity index (χ0) is 25.1. The molecule has 5 rings (SSSR count). The van der Waals surface area contributed by atoms with Crippen molar-refractivity contribution in [3.63, 3.8) is 0 Å². The number of ether oxygens (including phenoxy) is 1. The predicted molar refractivity (Wildman–Crippen MR) is 140 cm³/mol. The Morgan fingerprint density at radius 2 is 1.42 bits per heavy atom. The summed E-state index contributed by atoms with van der Waals surface area (Å²) < 4.78 is 6.72. The second kappa shape index (κ2) is 10.0. The van der Waals surface area contributed by atoms with Gasteiger partial charge in [0.25, 0.3) is 0 Å². The first-order valence-electron chi connectivity index (χ1n) is 11.8. The zero-order valence-corrected chi connectivity index (χ0v) is 20.9. The van der Waals surface area contributed by atoms with Gasteiger partial charge in [-0.3, -0.25) is 14.3 Å². The van der Waals surface area contributed by atoms with Gasteiger partial charge in [0.1, 0.15) is 11.6 Å². The lowest BCUT2D eigenvalue weighted by atomic mass is 9.84. The van der Waals surface area contributed by atoms with Gasteiger partial charge in [0.2, 0.25) is 5.91 Å². The first kappa shape index (κ1) is 23.9. The number of nitrogens with zero attached hydrogens (tertiary/aromatic N) is 2. The number of benzene rings is 3. The van der Waals surface area contributed by atoms with E-state index in [2.05, 4.69) is 46.8 Å². The van der Waals surface area contributed by atoms with Crippen molar-refractivity contribution in [2.75, 3.05) is 0 Å². The van der Waals surface area contributed by atoms with E-state index in [1.54, 1.807) is 35.8 Å². The van der Waals surface area contributed by atoms with E-state index in [0.717, 1.165) is 16.7 Å². The number of thioether (sulfide) groups is 1. The molecule has 1 aliphatic heterocycles. The monoisotopic (exact) mass is 497 g/mol. The summed E-state index contributed by atoms with van der Waals surface area (Å²) in [7, 11) is 1.80. The molecule has 1 saturated heterocycles. The molecule has 0 radical (unpaired) electrons. The Morgan fingerprint density at radius 3 is 1.81 bits per heavy atom. The van der Waals surface area contributed by atoms with Gasteiger partial charge in [-0.25, -0.2) is 0 Å². The average molecular weight is 498 g/mol. The Morgan fingerprint density at radius 1 is 0.917 bits per heavy atom. The lowest BCUT2D eigenvalue weighted by Crippen LogP contribution is -2.60.